The molecule has 0 radical (unpaired) electrons. The number of methoxy groups -OCH3 is 1. The molecule has 0 unspecified atom stereocenters. The fraction of sp³-hybridized carbons (Fsp3) is 0.450. The van der Waals surface area contributed by atoms with Crippen molar-refractivity contribution in [1.82, 2.24) is 20.0 Å². The molecule has 1 N–H and O–H groups in total. The highest BCUT2D eigenvalue weighted by atomic mass is 16.5. The summed E-state index contributed by atoms with van der Waals surface area (Å²) in [4.78, 5) is 25.7. The van der Waals surface area contributed by atoms with Crippen LogP contribution in [-0.2, 0) is 20.8 Å². The molecule has 1 aliphatic heterocycles. The lowest BCUT2D eigenvalue weighted by Gasteiger charge is -2.36. The van der Waals surface area contributed by atoms with Crippen molar-refractivity contribution >= 4 is 12.0 Å². The lowest BCUT2D eigenvalue weighted by Crippen LogP contribution is -2.47. The molecule has 1 aliphatic rings. The molecule has 0 bridgehead atoms. The molecule has 0 aliphatic carbocycles. The molecule has 2 amide bonds. The highest BCUT2D eigenvalue weighted by Crippen LogP contribution is 2.29. The SMILES string of the molecule is COC(=O)NCC(=O)N1CCOC[C@H]1c1c(C)nn(Cc2ccccc2)c1C. The van der Waals surface area contributed by atoms with Gasteiger partial charge in [-0.15, -0.1) is 0 Å². The minimum absolute atomic E-state index is 0.112. The van der Waals surface area contributed by atoms with Gasteiger partial charge in [-0.1, -0.05) is 30.3 Å². The van der Waals surface area contributed by atoms with E-state index in [4.69, 9.17) is 9.84 Å². The predicted molar refractivity (Wildman–Crippen MR) is 103 cm³/mol. The van der Waals surface area contributed by atoms with Crippen molar-refractivity contribution < 1.29 is 19.1 Å². The fourth-order valence-corrected chi connectivity index (χ4v) is 3.57. The van der Waals surface area contributed by atoms with Crippen molar-refractivity contribution in [3.8, 4) is 0 Å². The Bertz CT molecular complexity index is 834. The van der Waals surface area contributed by atoms with Crippen molar-refractivity contribution in [2.45, 2.75) is 26.4 Å². The fourth-order valence-electron chi connectivity index (χ4n) is 3.57. The Balaban J connectivity index is 1.81. The normalized spacial score (nSPS) is 16.7. The second-order valence-corrected chi connectivity index (χ2v) is 6.75. The van der Waals surface area contributed by atoms with Gasteiger partial charge in [0.25, 0.3) is 0 Å². The number of nitrogens with zero attached hydrogens (tertiary/aromatic N) is 3. The average Bonchev–Trinajstić information content (AvgIpc) is 2.99. The summed E-state index contributed by atoms with van der Waals surface area (Å²) in [5.74, 6) is -0.173. The third kappa shape index (κ3) is 4.33. The summed E-state index contributed by atoms with van der Waals surface area (Å²) in [6.45, 7) is 5.86. The Labute approximate surface area is 164 Å². The molecule has 3 rings (SSSR count). The second kappa shape index (κ2) is 8.88. The number of hydrogen-bond donors (Lipinski definition) is 1. The maximum absolute atomic E-state index is 12.7. The molecule has 2 heterocycles. The van der Waals surface area contributed by atoms with Gasteiger partial charge in [0.15, 0.2) is 0 Å². The quantitative estimate of drug-likeness (QED) is 0.847. The first-order chi connectivity index (χ1) is 13.5. The summed E-state index contributed by atoms with van der Waals surface area (Å²) in [5, 5.41) is 7.15. The number of benzene rings is 1. The summed E-state index contributed by atoms with van der Waals surface area (Å²) in [7, 11) is 1.27. The Morgan fingerprint density at radius 3 is 2.75 bits per heavy atom. The van der Waals surface area contributed by atoms with E-state index in [0.29, 0.717) is 26.3 Å². The first kappa shape index (κ1) is 19.9. The smallest absolute Gasteiger partial charge is 0.407 e. The zero-order valence-electron chi connectivity index (χ0n) is 16.5. The van der Waals surface area contributed by atoms with Crippen LogP contribution >= 0.6 is 0 Å². The Morgan fingerprint density at radius 1 is 1.29 bits per heavy atom. The van der Waals surface area contributed by atoms with E-state index in [1.54, 1.807) is 4.90 Å². The number of alkyl carbamates (subject to hydrolysis) is 1. The van der Waals surface area contributed by atoms with Crippen LogP contribution in [0.3, 0.4) is 0 Å². The summed E-state index contributed by atoms with van der Waals surface area (Å²) in [5.41, 5.74) is 4.05. The lowest BCUT2D eigenvalue weighted by atomic mass is 10.0. The van der Waals surface area contributed by atoms with E-state index in [2.05, 4.69) is 22.2 Å². The molecule has 2 aromatic rings. The van der Waals surface area contributed by atoms with Crippen LogP contribution in [0, 0.1) is 13.8 Å². The molecule has 150 valence electrons. The van der Waals surface area contributed by atoms with Gasteiger partial charge < -0.3 is 19.7 Å². The number of ether oxygens (including phenoxy) is 2. The number of amides is 2. The second-order valence-electron chi connectivity index (χ2n) is 6.75. The van der Waals surface area contributed by atoms with Crippen LogP contribution in [0.5, 0.6) is 0 Å². The van der Waals surface area contributed by atoms with Gasteiger partial charge >= 0.3 is 6.09 Å². The van der Waals surface area contributed by atoms with Gasteiger partial charge in [0.05, 0.1) is 38.6 Å². The number of rotatable bonds is 5. The Hall–Kier alpha value is -2.87. The van der Waals surface area contributed by atoms with Crippen LogP contribution in [0.25, 0.3) is 0 Å². The Morgan fingerprint density at radius 2 is 2.04 bits per heavy atom. The molecule has 1 atom stereocenters. The molecule has 1 saturated heterocycles. The van der Waals surface area contributed by atoms with Crippen LogP contribution in [-0.4, -0.2) is 60.1 Å². The highest BCUT2D eigenvalue weighted by Gasteiger charge is 2.32. The number of nitrogens with one attached hydrogen (secondary N) is 1. The van der Waals surface area contributed by atoms with E-state index in [-0.39, 0.29) is 18.5 Å². The van der Waals surface area contributed by atoms with E-state index in [0.717, 1.165) is 22.5 Å². The standard InChI is InChI=1S/C20H26N4O4/c1-14-19(15(2)24(22-14)12-16-7-5-4-6-8-16)17-13-28-10-9-23(17)18(25)11-21-20(26)27-3/h4-8,17H,9-13H2,1-3H3,(H,21,26)/t17-/m0/s1. The third-order valence-corrected chi connectivity index (χ3v) is 4.96. The minimum atomic E-state index is -0.624. The molecule has 0 saturated carbocycles. The number of aromatic nitrogens is 2. The van der Waals surface area contributed by atoms with Crippen molar-refractivity contribution in [2.24, 2.45) is 0 Å². The monoisotopic (exact) mass is 386 g/mol. The average molecular weight is 386 g/mol. The largest absolute Gasteiger partial charge is 0.453 e. The van der Waals surface area contributed by atoms with E-state index in [1.165, 1.54) is 7.11 Å². The van der Waals surface area contributed by atoms with Crippen LogP contribution < -0.4 is 5.32 Å². The van der Waals surface area contributed by atoms with Gasteiger partial charge in [-0.3, -0.25) is 9.48 Å². The number of aryl methyl sites for hydroxylation is 1. The van der Waals surface area contributed by atoms with Crippen molar-refractivity contribution in [1.29, 1.82) is 0 Å². The molecule has 8 nitrogen and oxygen atoms in total. The zero-order chi connectivity index (χ0) is 20.1. The van der Waals surface area contributed by atoms with Gasteiger partial charge in [0, 0.05) is 17.8 Å². The van der Waals surface area contributed by atoms with Crippen LogP contribution in [0.15, 0.2) is 30.3 Å². The molecule has 1 fully saturated rings. The van der Waals surface area contributed by atoms with Crippen LogP contribution in [0.4, 0.5) is 4.79 Å². The molecule has 1 aromatic heterocycles. The zero-order valence-corrected chi connectivity index (χ0v) is 16.5. The van der Waals surface area contributed by atoms with E-state index in [9.17, 15) is 9.59 Å². The number of hydrogen-bond acceptors (Lipinski definition) is 5. The van der Waals surface area contributed by atoms with Crippen molar-refractivity contribution in [3.63, 3.8) is 0 Å². The topological polar surface area (TPSA) is 85.7 Å². The van der Waals surface area contributed by atoms with Crippen molar-refractivity contribution in [2.75, 3.05) is 33.4 Å². The summed E-state index contributed by atoms with van der Waals surface area (Å²) in [6, 6.07) is 9.89. The van der Waals surface area contributed by atoms with E-state index < -0.39 is 6.09 Å². The molecule has 8 heteroatoms. The number of carbonyl (C=O) groups is 2. The van der Waals surface area contributed by atoms with Gasteiger partial charge in [0.2, 0.25) is 5.91 Å². The molecule has 0 spiro atoms. The maximum atomic E-state index is 12.7. The lowest BCUT2D eigenvalue weighted by molar-refractivity contribution is -0.139. The van der Waals surface area contributed by atoms with E-state index >= 15 is 0 Å². The van der Waals surface area contributed by atoms with Gasteiger partial charge in [-0.2, -0.15) is 5.10 Å². The first-order valence-corrected chi connectivity index (χ1v) is 9.28. The molecular formula is C20H26N4O4. The molecule has 28 heavy (non-hydrogen) atoms. The predicted octanol–water partition coefficient (Wildman–Crippen LogP) is 1.80. The minimum Gasteiger partial charge on any atom is -0.453 e. The van der Waals surface area contributed by atoms with Crippen LogP contribution in [0.2, 0.25) is 0 Å². The maximum Gasteiger partial charge on any atom is 0.407 e. The summed E-state index contributed by atoms with van der Waals surface area (Å²) in [6.07, 6.45) is -0.624. The van der Waals surface area contributed by atoms with Crippen molar-refractivity contribution in [3.05, 3.63) is 52.8 Å². The van der Waals surface area contributed by atoms with Gasteiger partial charge in [-0.25, -0.2) is 4.79 Å². The van der Waals surface area contributed by atoms with E-state index in [1.807, 2.05) is 36.7 Å². The highest BCUT2D eigenvalue weighted by molar-refractivity contribution is 5.82. The summed E-state index contributed by atoms with van der Waals surface area (Å²) < 4.78 is 12.2. The molecular weight excluding hydrogens is 360 g/mol. The number of morpholine rings is 1. The Kier molecular flexibility index (Phi) is 6.30. The molecule has 1 aromatic carbocycles. The summed E-state index contributed by atoms with van der Waals surface area (Å²) >= 11 is 0. The number of carbonyl (C=O) groups excluding carboxylic acids is 2. The van der Waals surface area contributed by atoms with Gasteiger partial charge in [-0.05, 0) is 19.4 Å². The van der Waals surface area contributed by atoms with Gasteiger partial charge in [0.1, 0.15) is 6.54 Å². The van der Waals surface area contributed by atoms with Crippen LogP contribution in [0.1, 0.15) is 28.6 Å². The first-order valence-electron chi connectivity index (χ1n) is 9.28. The third-order valence-electron chi connectivity index (χ3n) is 4.96.